The van der Waals surface area contributed by atoms with Crippen LogP contribution in [0.15, 0.2) is 54.9 Å². The van der Waals surface area contributed by atoms with Gasteiger partial charge in [-0.05, 0) is 68.1 Å². The maximum absolute atomic E-state index is 11.6. The molecule has 0 saturated heterocycles. The van der Waals surface area contributed by atoms with Crippen molar-refractivity contribution >= 4 is 22.8 Å². The molecule has 2 aromatic carbocycles. The van der Waals surface area contributed by atoms with Crippen LogP contribution in [0.4, 0.5) is 10.6 Å². The maximum atomic E-state index is 11.6. The van der Waals surface area contributed by atoms with Crippen molar-refractivity contribution in [3.05, 3.63) is 60.4 Å². The monoisotopic (exact) mass is 561 g/mol. The number of rotatable bonds is 13. The van der Waals surface area contributed by atoms with Crippen LogP contribution in [-0.2, 0) is 20.6 Å². The van der Waals surface area contributed by atoms with Gasteiger partial charge < -0.3 is 30.0 Å². The second kappa shape index (κ2) is 14.0. The lowest BCUT2D eigenvalue weighted by Crippen LogP contribution is -2.34. The molecule has 0 aliphatic heterocycles. The number of hydrogen-bond donors (Lipinski definition) is 3. The summed E-state index contributed by atoms with van der Waals surface area (Å²) in [5, 5.41) is 10.8. The average Bonchev–Trinajstić information content (AvgIpc) is 3.41. The number of alkyl carbamates (subject to hydrolysis) is 1. The highest BCUT2D eigenvalue weighted by molar-refractivity contribution is 5.88. The number of carbonyl (C=O) groups excluding carboxylic acids is 1. The first-order chi connectivity index (χ1) is 19.7. The van der Waals surface area contributed by atoms with E-state index in [1.54, 1.807) is 0 Å². The summed E-state index contributed by atoms with van der Waals surface area (Å²) < 4.78 is 22.0. The van der Waals surface area contributed by atoms with Crippen molar-refractivity contribution in [2.45, 2.75) is 39.7 Å². The Labute approximate surface area is 240 Å². The largest absolute Gasteiger partial charge is 0.491 e. The topological polar surface area (TPSA) is 134 Å². The summed E-state index contributed by atoms with van der Waals surface area (Å²) in [4.78, 5) is 16.1. The van der Waals surface area contributed by atoms with Crippen LogP contribution in [0.25, 0.3) is 33.2 Å². The first kappa shape index (κ1) is 29.8. The van der Waals surface area contributed by atoms with E-state index in [0.29, 0.717) is 45.4 Å². The molecule has 0 bridgehead atoms. The number of benzene rings is 2. The first-order valence-electron chi connectivity index (χ1n) is 13.8. The summed E-state index contributed by atoms with van der Waals surface area (Å²) in [6.45, 7) is 10.0. The number of nitrogens with one attached hydrogen (secondary N) is 2. The zero-order chi connectivity index (χ0) is 29.2. The predicted molar refractivity (Wildman–Crippen MR) is 160 cm³/mol. The van der Waals surface area contributed by atoms with Crippen LogP contribution in [0, 0.1) is 0 Å². The number of nitrogens with zero attached hydrogens (tertiary/aromatic N) is 2. The number of hydrogen-bond acceptors (Lipinski definition) is 8. The molecule has 0 fully saturated rings. The minimum Gasteiger partial charge on any atom is -0.491 e. The average molecular weight is 562 g/mol. The minimum atomic E-state index is -0.517. The Hall–Kier alpha value is -4.15. The van der Waals surface area contributed by atoms with Crippen LogP contribution in [0.5, 0.6) is 5.75 Å². The Morgan fingerprint density at radius 1 is 0.951 bits per heavy atom. The molecular formula is C31H39N5O5. The van der Waals surface area contributed by atoms with Crippen molar-refractivity contribution in [3.63, 3.8) is 0 Å². The lowest BCUT2D eigenvalue weighted by Gasteiger charge is -2.19. The molecule has 4 rings (SSSR count). The maximum Gasteiger partial charge on any atom is 0.407 e. The van der Waals surface area contributed by atoms with Gasteiger partial charge in [-0.1, -0.05) is 25.1 Å². The second-order valence-corrected chi connectivity index (χ2v) is 10.5. The quantitative estimate of drug-likeness (QED) is 0.186. The molecule has 1 amide bonds. The van der Waals surface area contributed by atoms with Gasteiger partial charge in [0.1, 0.15) is 23.8 Å². The molecular weight excluding hydrogens is 522 g/mol. The lowest BCUT2D eigenvalue weighted by atomic mass is 9.91. The van der Waals surface area contributed by atoms with E-state index in [4.69, 9.17) is 24.7 Å². The van der Waals surface area contributed by atoms with Gasteiger partial charge in [0.25, 0.3) is 0 Å². The molecule has 0 saturated carbocycles. The van der Waals surface area contributed by atoms with E-state index in [1.807, 2.05) is 63.5 Å². The standard InChI is InChI=1S/C31H39N5O5/c1-5-25-26(22-8-11-27-23(18-22)19-35-36-27)20-34-29(32)28(25)21-6-9-24(10-7-21)40-17-16-39-15-14-38-13-12-33-30(37)41-31(2,3)4/h6-11,18-20H,5,12-17H2,1-4H3,(H2,32,34)(H,33,37)(H,35,36). The fraction of sp³-hybridized carbons (Fsp3) is 0.387. The summed E-state index contributed by atoms with van der Waals surface area (Å²) >= 11 is 0. The molecule has 0 unspecified atom stereocenters. The number of nitrogens with two attached hydrogens (primary N) is 1. The van der Waals surface area contributed by atoms with Crippen LogP contribution in [-0.4, -0.2) is 66.5 Å². The van der Waals surface area contributed by atoms with Gasteiger partial charge in [-0.3, -0.25) is 5.10 Å². The zero-order valence-corrected chi connectivity index (χ0v) is 24.2. The Bertz CT molecular complexity index is 1430. The number of ether oxygens (including phenoxy) is 4. The Morgan fingerprint density at radius 2 is 1.66 bits per heavy atom. The summed E-state index contributed by atoms with van der Waals surface area (Å²) in [7, 11) is 0. The van der Waals surface area contributed by atoms with E-state index in [-0.39, 0.29) is 0 Å². The normalized spacial score (nSPS) is 11.5. The van der Waals surface area contributed by atoms with E-state index < -0.39 is 11.7 Å². The Kier molecular flexibility index (Phi) is 10.2. The molecule has 0 aliphatic carbocycles. The molecule has 4 N–H and O–H groups in total. The SMILES string of the molecule is CCc1c(-c2ccc3[nH]ncc3c2)cnc(N)c1-c1ccc(OCCOCCOCCNC(=O)OC(C)(C)C)cc1. The number of carbonyl (C=O) groups is 1. The third-order valence-electron chi connectivity index (χ3n) is 6.25. The zero-order valence-electron chi connectivity index (χ0n) is 24.2. The summed E-state index contributed by atoms with van der Waals surface area (Å²) in [5.41, 5.74) is 12.1. The molecule has 10 nitrogen and oxygen atoms in total. The number of amides is 1. The van der Waals surface area contributed by atoms with Crippen molar-refractivity contribution in [3.8, 4) is 28.0 Å². The van der Waals surface area contributed by atoms with Crippen LogP contribution in [0.1, 0.15) is 33.3 Å². The Balaban J connectivity index is 1.23. The van der Waals surface area contributed by atoms with Gasteiger partial charge in [0, 0.05) is 29.3 Å². The molecule has 10 heteroatoms. The molecule has 218 valence electrons. The number of aromatic amines is 1. The highest BCUT2D eigenvalue weighted by Crippen LogP contribution is 2.37. The number of anilines is 1. The van der Waals surface area contributed by atoms with Gasteiger partial charge in [0.05, 0.1) is 38.1 Å². The fourth-order valence-corrected chi connectivity index (χ4v) is 4.41. The summed E-state index contributed by atoms with van der Waals surface area (Å²) in [6.07, 6.45) is 4.02. The Morgan fingerprint density at radius 3 is 2.39 bits per heavy atom. The van der Waals surface area contributed by atoms with E-state index in [2.05, 4.69) is 39.6 Å². The number of pyridine rings is 1. The summed E-state index contributed by atoms with van der Waals surface area (Å²) in [6, 6.07) is 14.1. The van der Waals surface area contributed by atoms with Crippen molar-refractivity contribution < 1.29 is 23.7 Å². The van der Waals surface area contributed by atoms with Crippen molar-refractivity contribution in [1.29, 1.82) is 0 Å². The van der Waals surface area contributed by atoms with E-state index >= 15 is 0 Å². The highest BCUT2D eigenvalue weighted by Gasteiger charge is 2.17. The van der Waals surface area contributed by atoms with E-state index in [0.717, 1.165) is 50.9 Å². The molecule has 0 atom stereocenters. The molecule has 41 heavy (non-hydrogen) atoms. The molecule has 4 aromatic rings. The van der Waals surface area contributed by atoms with Crippen molar-refractivity contribution in [2.24, 2.45) is 0 Å². The van der Waals surface area contributed by atoms with Gasteiger partial charge in [0.2, 0.25) is 0 Å². The van der Waals surface area contributed by atoms with Crippen LogP contribution in [0.3, 0.4) is 0 Å². The van der Waals surface area contributed by atoms with Gasteiger partial charge in [0.15, 0.2) is 0 Å². The molecule has 2 heterocycles. The third kappa shape index (κ3) is 8.42. The molecule has 0 radical (unpaired) electrons. The molecule has 0 spiro atoms. The predicted octanol–water partition coefficient (Wildman–Crippen LogP) is 5.37. The number of nitrogen functional groups attached to an aromatic ring is 1. The molecule has 2 aromatic heterocycles. The van der Waals surface area contributed by atoms with Gasteiger partial charge in [-0.2, -0.15) is 5.10 Å². The van der Waals surface area contributed by atoms with Crippen LogP contribution < -0.4 is 15.8 Å². The van der Waals surface area contributed by atoms with Crippen molar-refractivity contribution in [1.82, 2.24) is 20.5 Å². The highest BCUT2D eigenvalue weighted by atomic mass is 16.6. The van der Waals surface area contributed by atoms with E-state index in [1.165, 1.54) is 0 Å². The lowest BCUT2D eigenvalue weighted by molar-refractivity contribution is 0.0328. The van der Waals surface area contributed by atoms with Crippen LogP contribution in [0.2, 0.25) is 0 Å². The van der Waals surface area contributed by atoms with Crippen LogP contribution >= 0.6 is 0 Å². The van der Waals surface area contributed by atoms with E-state index in [9.17, 15) is 4.79 Å². The van der Waals surface area contributed by atoms with Gasteiger partial charge in [-0.15, -0.1) is 0 Å². The minimum absolute atomic E-state index is 0.376. The summed E-state index contributed by atoms with van der Waals surface area (Å²) in [5.74, 6) is 1.24. The van der Waals surface area contributed by atoms with Crippen molar-refractivity contribution in [2.75, 3.05) is 45.3 Å². The second-order valence-electron chi connectivity index (χ2n) is 10.5. The fourth-order valence-electron chi connectivity index (χ4n) is 4.41. The number of aromatic nitrogens is 3. The first-order valence-corrected chi connectivity index (χ1v) is 13.8. The third-order valence-corrected chi connectivity index (χ3v) is 6.25. The number of H-pyrrole nitrogens is 1. The van der Waals surface area contributed by atoms with Gasteiger partial charge >= 0.3 is 6.09 Å². The van der Waals surface area contributed by atoms with Gasteiger partial charge in [-0.25, -0.2) is 9.78 Å². The molecule has 0 aliphatic rings. The smallest absolute Gasteiger partial charge is 0.407 e. The number of fused-ring (bicyclic) bond motifs is 1.